The lowest BCUT2D eigenvalue weighted by molar-refractivity contribution is -0.137. The van der Waals surface area contributed by atoms with E-state index in [-0.39, 0.29) is 28.4 Å². The molecule has 5 nitrogen and oxygen atoms in total. The minimum Gasteiger partial charge on any atom is -0.324 e. The van der Waals surface area contributed by atoms with Crippen LogP contribution in [0, 0.1) is 11.6 Å². The Morgan fingerprint density at radius 3 is 2.46 bits per heavy atom. The fourth-order valence-electron chi connectivity index (χ4n) is 3.59. The number of aromatic nitrogens is 4. The number of benzene rings is 2. The molecule has 0 amide bonds. The Morgan fingerprint density at radius 2 is 1.71 bits per heavy atom. The molecule has 0 aliphatic rings. The number of hydrogen-bond acceptors (Lipinski definition) is 4. The molecule has 176 valence electrons. The van der Waals surface area contributed by atoms with Gasteiger partial charge in [-0.2, -0.15) is 18.3 Å². The van der Waals surface area contributed by atoms with Crippen LogP contribution in [0.2, 0.25) is 0 Å². The summed E-state index contributed by atoms with van der Waals surface area (Å²) in [5, 5.41) is 7.15. The molecule has 3 heterocycles. The van der Waals surface area contributed by atoms with E-state index >= 15 is 4.39 Å². The van der Waals surface area contributed by atoms with Gasteiger partial charge in [-0.1, -0.05) is 34.1 Å². The predicted molar refractivity (Wildman–Crippen MR) is 124 cm³/mol. The molecule has 5 aromatic rings. The summed E-state index contributed by atoms with van der Waals surface area (Å²) in [6, 6.07) is 14.6. The van der Waals surface area contributed by atoms with Gasteiger partial charge < -0.3 is 5.32 Å². The highest BCUT2D eigenvalue weighted by molar-refractivity contribution is 9.10. The summed E-state index contributed by atoms with van der Waals surface area (Å²) in [5.41, 5.74) is 0.398. The molecular formula is C24H13BrF5N5. The van der Waals surface area contributed by atoms with Crippen molar-refractivity contribution in [3.05, 3.63) is 94.7 Å². The average Bonchev–Trinajstić information content (AvgIpc) is 3.18. The molecule has 0 saturated carbocycles. The van der Waals surface area contributed by atoms with Crippen LogP contribution in [0.1, 0.15) is 5.56 Å². The molecule has 2 aromatic carbocycles. The second-order valence-electron chi connectivity index (χ2n) is 7.50. The molecule has 35 heavy (non-hydrogen) atoms. The maximum absolute atomic E-state index is 15.1. The fraction of sp³-hybridized carbons (Fsp3) is 0.0417. The molecule has 0 saturated heterocycles. The molecule has 0 fully saturated rings. The zero-order valence-electron chi connectivity index (χ0n) is 17.5. The number of anilines is 2. The Hall–Kier alpha value is -3.86. The van der Waals surface area contributed by atoms with Gasteiger partial charge in [0.05, 0.1) is 22.8 Å². The van der Waals surface area contributed by atoms with Crippen LogP contribution in [0.4, 0.5) is 33.6 Å². The average molecular weight is 546 g/mol. The van der Waals surface area contributed by atoms with Gasteiger partial charge >= 0.3 is 6.18 Å². The molecule has 0 aliphatic carbocycles. The molecule has 11 heteroatoms. The summed E-state index contributed by atoms with van der Waals surface area (Å²) in [6.45, 7) is 0. The normalized spacial score (nSPS) is 11.7. The van der Waals surface area contributed by atoms with Gasteiger partial charge in [-0.25, -0.2) is 23.3 Å². The predicted octanol–water partition coefficient (Wildman–Crippen LogP) is 7.26. The SMILES string of the molecule is Fc1cccc(Nc2ncc(F)c(-c3c(-c4cccc(Br)c4)nn4cc(C(F)(F)F)ccc34)n2)c1. The van der Waals surface area contributed by atoms with Crippen molar-refractivity contribution in [3.8, 4) is 22.5 Å². The highest BCUT2D eigenvalue weighted by Gasteiger charge is 2.32. The molecule has 0 radical (unpaired) electrons. The van der Waals surface area contributed by atoms with Gasteiger partial charge in [0.15, 0.2) is 5.82 Å². The van der Waals surface area contributed by atoms with Gasteiger partial charge in [-0.15, -0.1) is 0 Å². The van der Waals surface area contributed by atoms with Gasteiger partial charge in [0.25, 0.3) is 0 Å². The van der Waals surface area contributed by atoms with Crippen LogP contribution in [-0.4, -0.2) is 19.6 Å². The van der Waals surface area contributed by atoms with E-state index in [9.17, 15) is 17.6 Å². The molecular weight excluding hydrogens is 533 g/mol. The summed E-state index contributed by atoms with van der Waals surface area (Å²) in [5.74, 6) is -1.32. The Labute approximate surface area is 203 Å². The smallest absolute Gasteiger partial charge is 0.324 e. The van der Waals surface area contributed by atoms with Crippen molar-refractivity contribution in [2.24, 2.45) is 0 Å². The van der Waals surface area contributed by atoms with Gasteiger partial charge in [0.2, 0.25) is 5.95 Å². The Kier molecular flexibility index (Phi) is 5.72. The number of alkyl halides is 3. The number of nitrogens with zero attached hydrogens (tertiary/aromatic N) is 4. The van der Waals surface area contributed by atoms with Crippen LogP contribution < -0.4 is 5.32 Å². The van der Waals surface area contributed by atoms with E-state index in [0.29, 0.717) is 15.7 Å². The molecule has 3 aromatic heterocycles. The number of fused-ring (bicyclic) bond motifs is 1. The van der Waals surface area contributed by atoms with E-state index in [4.69, 9.17) is 0 Å². The van der Waals surface area contributed by atoms with Crippen molar-refractivity contribution in [1.29, 1.82) is 0 Å². The molecule has 0 atom stereocenters. The van der Waals surface area contributed by atoms with E-state index in [1.165, 1.54) is 24.3 Å². The number of pyridine rings is 1. The zero-order chi connectivity index (χ0) is 24.7. The molecule has 0 spiro atoms. The van der Waals surface area contributed by atoms with Gasteiger partial charge in [-0.3, -0.25) is 0 Å². The van der Waals surface area contributed by atoms with E-state index in [2.05, 4.69) is 36.3 Å². The van der Waals surface area contributed by atoms with Crippen LogP contribution in [-0.2, 0) is 6.18 Å². The first kappa shape index (κ1) is 22.9. The number of hydrogen-bond donors (Lipinski definition) is 1. The molecule has 5 rings (SSSR count). The Morgan fingerprint density at radius 1 is 0.914 bits per heavy atom. The maximum atomic E-state index is 15.1. The fourth-order valence-corrected chi connectivity index (χ4v) is 3.99. The van der Waals surface area contributed by atoms with Crippen molar-refractivity contribution in [2.45, 2.75) is 6.18 Å². The number of halogens is 6. The first-order chi connectivity index (χ1) is 16.7. The van der Waals surface area contributed by atoms with Gasteiger partial charge in [0.1, 0.15) is 17.2 Å². The summed E-state index contributed by atoms with van der Waals surface area (Å²) in [6.07, 6.45) is -2.81. The van der Waals surface area contributed by atoms with Crippen LogP contribution in [0.3, 0.4) is 0 Å². The summed E-state index contributed by atoms with van der Waals surface area (Å²) in [7, 11) is 0. The Bertz CT molecular complexity index is 1560. The second kappa shape index (κ2) is 8.73. The van der Waals surface area contributed by atoms with E-state index in [1.807, 2.05) is 0 Å². The highest BCUT2D eigenvalue weighted by atomic mass is 79.9. The summed E-state index contributed by atoms with van der Waals surface area (Å²) >= 11 is 3.37. The first-order valence-corrected chi connectivity index (χ1v) is 10.9. The van der Waals surface area contributed by atoms with Crippen molar-refractivity contribution in [3.63, 3.8) is 0 Å². The summed E-state index contributed by atoms with van der Waals surface area (Å²) < 4.78 is 70.3. The molecule has 0 aliphatic heterocycles. The van der Waals surface area contributed by atoms with Crippen molar-refractivity contribution < 1.29 is 22.0 Å². The number of rotatable bonds is 4. The quantitative estimate of drug-likeness (QED) is 0.241. The van der Waals surface area contributed by atoms with Gasteiger partial charge in [-0.05, 0) is 42.5 Å². The molecule has 0 unspecified atom stereocenters. The van der Waals surface area contributed by atoms with Crippen molar-refractivity contribution in [2.75, 3.05) is 5.32 Å². The zero-order valence-corrected chi connectivity index (χ0v) is 19.1. The lowest BCUT2D eigenvalue weighted by Crippen LogP contribution is -2.06. The van der Waals surface area contributed by atoms with Crippen LogP contribution >= 0.6 is 15.9 Å². The largest absolute Gasteiger partial charge is 0.417 e. The standard InChI is InChI=1S/C24H13BrF5N5/c25-15-4-1-3-13(9-15)21-20(19-8-7-14(24(28,29)30)12-35(19)34-21)22-18(27)11-31-23(33-22)32-17-6-2-5-16(26)10-17/h1-12H,(H,31,32,33). The lowest BCUT2D eigenvalue weighted by Gasteiger charge is -2.09. The minimum atomic E-state index is -4.58. The van der Waals surface area contributed by atoms with Crippen LogP contribution in [0.5, 0.6) is 0 Å². The first-order valence-electron chi connectivity index (χ1n) is 10.1. The van der Waals surface area contributed by atoms with Crippen LogP contribution in [0.25, 0.3) is 28.0 Å². The lowest BCUT2D eigenvalue weighted by atomic mass is 10.0. The van der Waals surface area contributed by atoms with Crippen molar-refractivity contribution in [1.82, 2.24) is 19.6 Å². The number of nitrogens with one attached hydrogen (secondary N) is 1. The molecule has 1 N–H and O–H groups in total. The highest BCUT2D eigenvalue weighted by Crippen LogP contribution is 2.38. The third-order valence-corrected chi connectivity index (χ3v) is 5.61. The van der Waals surface area contributed by atoms with E-state index in [0.717, 1.165) is 23.0 Å². The molecule has 0 bridgehead atoms. The third-order valence-electron chi connectivity index (χ3n) is 5.12. The van der Waals surface area contributed by atoms with Gasteiger partial charge in [0, 0.05) is 21.9 Å². The minimum absolute atomic E-state index is 0.0292. The monoisotopic (exact) mass is 545 g/mol. The van der Waals surface area contributed by atoms with Crippen molar-refractivity contribution >= 4 is 33.1 Å². The maximum Gasteiger partial charge on any atom is 0.417 e. The summed E-state index contributed by atoms with van der Waals surface area (Å²) in [4.78, 5) is 8.18. The Balaban J connectivity index is 1.72. The van der Waals surface area contributed by atoms with Crippen LogP contribution in [0.15, 0.2) is 77.5 Å². The third kappa shape index (κ3) is 4.59. The topological polar surface area (TPSA) is 55.1 Å². The van der Waals surface area contributed by atoms with E-state index in [1.54, 1.807) is 30.3 Å². The van der Waals surface area contributed by atoms with E-state index < -0.39 is 23.4 Å². The second-order valence-corrected chi connectivity index (χ2v) is 8.42.